The van der Waals surface area contributed by atoms with Gasteiger partial charge in [-0.3, -0.25) is 5.41 Å². The number of likely N-dealkylation sites (N-methyl/N-ethyl adjacent to an activating group) is 1. The van der Waals surface area contributed by atoms with Crippen LogP contribution >= 0.6 is 0 Å². The van der Waals surface area contributed by atoms with E-state index in [9.17, 15) is 0 Å². The fraction of sp³-hybridized carbons (Fsp3) is 0.450. The van der Waals surface area contributed by atoms with Gasteiger partial charge in [0.1, 0.15) is 5.84 Å². The zero-order chi connectivity index (χ0) is 17.2. The summed E-state index contributed by atoms with van der Waals surface area (Å²) in [7, 11) is 1.78. The lowest BCUT2D eigenvalue weighted by Crippen LogP contribution is -2.30. The average molecular weight is 326 g/mol. The molecule has 0 atom stereocenters. The van der Waals surface area contributed by atoms with Crippen molar-refractivity contribution in [3.8, 4) is 0 Å². The SMILES string of the molecule is CCCNCCCc1ccc2cc(CNCC(=N)NC)ccc2c1. The number of hydrogen-bond donors (Lipinski definition) is 4. The van der Waals surface area contributed by atoms with E-state index in [1.54, 1.807) is 7.05 Å². The zero-order valence-corrected chi connectivity index (χ0v) is 14.9. The molecule has 0 aliphatic rings. The third kappa shape index (κ3) is 5.95. The maximum atomic E-state index is 7.57. The number of nitrogens with one attached hydrogen (secondary N) is 4. The van der Waals surface area contributed by atoms with Gasteiger partial charge >= 0.3 is 0 Å². The van der Waals surface area contributed by atoms with Crippen molar-refractivity contribution in [2.24, 2.45) is 0 Å². The topological polar surface area (TPSA) is 59.9 Å². The lowest BCUT2D eigenvalue weighted by molar-refractivity contribution is 0.640. The van der Waals surface area contributed by atoms with Crippen LogP contribution in [0.5, 0.6) is 0 Å². The Morgan fingerprint density at radius 3 is 2.38 bits per heavy atom. The van der Waals surface area contributed by atoms with Crippen LogP contribution in [0, 0.1) is 5.41 Å². The van der Waals surface area contributed by atoms with Crippen molar-refractivity contribution >= 4 is 16.6 Å². The molecule has 0 heterocycles. The molecule has 2 aromatic rings. The van der Waals surface area contributed by atoms with Crippen LogP contribution in [0.2, 0.25) is 0 Å². The Balaban J connectivity index is 1.89. The van der Waals surface area contributed by atoms with Crippen LogP contribution in [-0.2, 0) is 13.0 Å². The van der Waals surface area contributed by atoms with E-state index in [0.717, 1.165) is 26.1 Å². The zero-order valence-electron chi connectivity index (χ0n) is 14.9. The number of amidine groups is 1. The van der Waals surface area contributed by atoms with Crippen LogP contribution in [-0.4, -0.2) is 32.5 Å². The fourth-order valence-electron chi connectivity index (χ4n) is 2.75. The van der Waals surface area contributed by atoms with E-state index in [1.807, 2.05) is 0 Å². The van der Waals surface area contributed by atoms with Crippen LogP contribution in [0.25, 0.3) is 10.8 Å². The maximum absolute atomic E-state index is 7.57. The monoisotopic (exact) mass is 326 g/mol. The molecule has 0 aliphatic heterocycles. The second kappa shape index (κ2) is 10.1. The molecule has 4 nitrogen and oxygen atoms in total. The number of fused-ring (bicyclic) bond motifs is 1. The second-order valence-electron chi connectivity index (χ2n) is 6.20. The summed E-state index contributed by atoms with van der Waals surface area (Å²) in [6.07, 6.45) is 3.51. The lowest BCUT2D eigenvalue weighted by atomic mass is 10.0. The molecule has 4 N–H and O–H groups in total. The first-order chi connectivity index (χ1) is 11.7. The maximum Gasteiger partial charge on any atom is 0.107 e. The molecule has 24 heavy (non-hydrogen) atoms. The Kier molecular flexibility index (Phi) is 7.72. The van der Waals surface area contributed by atoms with Gasteiger partial charge in [0, 0.05) is 13.6 Å². The molecule has 0 saturated heterocycles. The highest BCUT2D eigenvalue weighted by Gasteiger charge is 2.00. The van der Waals surface area contributed by atoms with Gasteiger partial charge in [-0.15, -0.1) is 0 Å². The van der Waals surface area contributed by atoms with Gasteiger partial charge in [-0.05, 0) is 60.3 Å². The molecular weight excluding hydrogens is 296 g/mol. The highest BCUT2D eigenvalue weighted by atomic mass is 15.0. The molecule has 0 aliphatic carbocycles. The molecule has 0 spiro atoms. The molecule has 4 heteroatoms. The Hall–Kier alpha value is -1.91. The summed E-state index contributed by atoms with van der Waals surface area (Å²) in [5.74, 6) is 0.508. The summed E-state index contributed by atoms with van der Waals surface area (Å²) in [5, 5.41) is 19.7. The summed E-state index contributed by atoms with van der Waals surface area (Å²) < 4.78 is 0. The van der Waals surface area contributed by atoms with E-state index in [4.69, 9.17) is 5.41 Å². The van der Waals surface area contributed by atoms with Crippen LogP contribution in [0.15, 0.2) is 36.4 Å². The normalized spacial score (nSPS) is 10.9. The molecule has 0 amide bonds. The fourth-order valence-corrected chi connectivity index (χ4v) is 2.75. The van der Waals surface area contributed by atoms with Crippen LogP contribution in [0.4, 0.5) is 0 Å². The quantitative estimate of drug-likeness (QED) is 0.308. The summed E-state index contributed by atoms with van der Waals surface area (Å²) in [6, 6.07) is 13.4. The van der Waals surface area contributed by atoms with Crippen molar-refractivity contribution in [2.75, 3.05) is 26.7 Å². The average Bonchev–Trinajstić information content (AvgIpc) is 2.61. The first-order valence-electron chi connectivity index (χ1n) is 8.91. The summed E-state index contributed by atoms with van der Waals surface area (Å²) >= 11 is 0. The van der Waals surface area contributed by atoms with Crippen LogP contribution in [0.3, 0.4) is 0 Å². The summed E-state index contributed by atoms with van der Waals surface area (Å²) in [4.78, 5) is 0. The van der Waals surface area contributed by atoms with Crippen molar-refractivity contribution in [3.63, 3.8) is 0 Å². The smallest absolute Gasteiger partial charge is 0.107 e. The Morgan fingerprint density at radius 1 is 0.958 bits per heavy atom. The van der Waals surface area contributed by atoms with Gasteiger partial charge in [-0.25, -0.2) is 0 Å². The summed E-state index contributed by atoms with van der Waals surface area (Å²) in [5.41, 5.74) is 2.66. The van der Waals surface area contributed by atoms with E-state index < -0.39 is 0 Å². The molecule has 2 aromatic carbocycles. The highest BCUT2D eigenvalue weighted by Crippen LogP contribution is 2.19. The molecule has 2 rings (SSSR count). The van der Waals surface area contributed by atoms with Crippen LogP contribution in [0.1, 0.15) is 30.9 Å². The minimum atomic E-state index is 0.508. The molecule has 0 radical (unpaired) electrons. The highest BCUT2D eigenvalue weighted by molar-refractivity contribution is 5.84. The third-order valence-electron chi connectivity index (χ3n) is 4.15. The van der Waals surface area contributed by atoms with Crippen molar-refractivity contribution in [1.82, 2.24) is 16.0 Å². The standard InChI is InChI=1S/C20H30N4/c1-3-10-23-11-4-5-16-6-8-19-13-17(7-9-18(19)12-16)14-24-15-20(21)22-2/h6-9,12-13,23-24H,3-5,10-11,14-15H2,1-2H3,(H2,21,22). The van der Waals surface area contributed by atoms with E-state index >= 15 is 0 Å². The Morgan fingerprint density at radius 2 is 1.67 bits per heavy atom. The molecule has 0 fully saturated rings. The van der Waals surface area contributed by atoms with Crippen LogP contribution < -0.4 is 16.0 Å². The van der Waals surface area contributed by atoms with Gasteiger partial charge in [0.2, 0.25) is 0 Å². The minimum absolute atomic E-state index is 0.508. The number of rotatable bonds is 10. The van der Waals surface area contributed by atoms with Crippen molar-refractivity contribution in [2.45, 2.75) is 32.7 Å². The Labute approximate surface area is 145 Å². The lowest BCUT2D eigenvalue weighted by Gasteiger charge is -2.08. The van der Waals surface area contributed by atoms with Crippen molar-refractivity contribution < 1.29 is 0 Å². The van der Waals surface area contributed by atoms with Crippen molar-refractivity contribution in [1.29, 1.82) is 5.41 Å². The van der Waals surface area contributed by atoms with Gasteiger partial charge in [0.05, 0.1) is 6.54 Å². The molecular formula is C20H30N4. The minimum Gasteiger partial charge on any atom is -0.376 e. The van der Waals surface area contributed by atoms with Gasteiger partial charge in [-0.2, -0.15) is 0 Å². The van der Waals surface area contributed by atoms with E-state index in [1.165, 1.54) is 34.7 Å². The summed E-state index contributed by atoms with van der Waals surface area (Å²) in [6.45, 7) is 5.76. The van der Waals surface area contributed by atoms with E-state index in [0.29, 0.717) is 12.4 Å². The third-order valence-corrected chi connectivity index (χ3v) is 4.15. The van der Waals surface area contributed by atoms with E-state index in [-0.39, 0.29) is 0 Å². The number of benzene rings is 2. The largest absolute Gasteiger partial charge is 0.376 e. The first kappa shape index (κ1) is 18.4. The van der Waals surface area contributed by atoms with Crippen molar-refractivity contribution in [3.05, 3.63) is 47.5 Å². The molecule has 0 saturated carbocycles. The predicted molar refractivity (Wildman–Crippen MR) is 104 cm³/mol. The molecule has 0 bridgehead atoms. The van der Waals surface area contributed by atoms with Gasteiger partial charge < -0.3 is 16.0 Å². The molecule has 130 valence electrons. The van der Waals surface area contributed by atoms with Gasteiger partial charge in [0.15, 0.2) is 0 Å². The first-order valence-corrected chi connectivity index (χ1v) is 8.91. The van der Waals surface area contributed by atoms with Gasteiger partial charge in [0.25, 0.3) is 0 Å². The Bertz CT molecular complexity index is 651. The number of aryl methyl sites for hydroxylation is 1. The molecule has 0 aromatic heterocycles. The molecule has 0 unspecified atom stereocenters. The number of hydrogen-bond acceptors (Lipinski definition) is 3. The second-order valence-corrected chi connectivity index (χ2v) is 6.20. The predicted octanol–water partition coefficient (Wildman–Crippen LogP) is 3.06. The van der Waals surface area contributed by atoms with E-state index in [2.05, 4.69) is 59.3 Å². The van der Waals surface area contributed by atoms with Gasteiger partial charge in [-0.1, -0.05) is 37.3 Å².